The fourth-order valence-corrected chi connectivity index (χ4v) is 2.30. The lowest BCUT2D eigenvalue weighted by Crippen LogP contribution is -2.15. The van der Waals surface area contributed by atoms with Gasteiger partial charge in [-0.25, -0.2) is 8.78 Å². The van der Waals surface area contributed by atoms with E-state index in [1.165, 1.54) is 6.42 Å². The molecule has 0 bridgehead atoms. The number of rotatable bonds is 7. The first-order valence-corrected chi connectivity index (χ1v) is 6.66. The highest BCUT2D eigenvalue weighted by molar-refractivity contribution is 5.97. The zero-order valence-corrected chi connectivity index (χ0v) is 10.8. The molecule has 0 N–H and O–H groups in total. The second-order valence-corrected chi connectivity index (χ2v) is 4.85. The van der Waals surface area contributed by atoms with E-state index in [0.29, 0.717) is 5.92 Å². The summed E-state index contributed by atoms with van der Waals surface area (Å²) in [5.41, 5.74) is 1.83. The summed E-state index contributed by atoms with van der Waals surface area (Å²) in [6, 6.07) is 7.60. The Balaban J connectivity index is 1.91. The summed E-state index contributed by atoms with van der Waals surface area (Å²) in [4.78, 5) is 12.1. The Hall–Kier alpha value is -1.29. The van der Waals surface area contributed by atoms with Crippen LogP contribution >= 0.6 is 0 Å². The molecule has 0 atom stereocenters. The molecule has 0 amide bonds. The van der Waals surface area contributed by atoms with Crippen molar-refractivity contribution in [3.05, 3.63) is 35.4 Å². The van der Waals surface area contributed by atoms with Crippen LogP contribution in [0, 0.1) is 0 Å². The first kappa shape index (κ1) is 14.1. The standard InChI is InChI=1S/C15H18F2O2/c16-15(17)10-19-9-8-14(18)13-7-2-1-6-12(13)11-4-3-5-11/h1-2,6-7,11,15H,3-5,8-10H2. The van der Waals surface area contributed by atoms with Gasteiger partial charge in [-0.3, -0.25) is 4.79 Å². The number of Topliss-reactive ketones (excluding diaryl/α,β-unsaturated/α-hetero) is 1. The van der Waals surface area contributed by atoms with Crippen molar-refractivity contribution < 1.29 is 18.3 Å². The fourth-order valence-electron chi connectivity index (χ4n) is 2.30. The zero-order valence-electron chi connectivity index (χ0n) is 10.8. The van der Waals surface area contributed by atoms with Crippen LogP contribution in [0.3, 0.4) is 0 Å². The van der Waals surface area contributed by atoms with Crippen LogP contribution in [0.2, 0.25) is 0 Å². The van der Waals surface area contributed by atoms with E-state index in [1.807, 2.05) is 24.3 Å². The zero-order chi connectivity index (χ0) is 13.7. The molecule has 2 nitrogen and oxygen atoms in total. The molecule has 19 heavy (non-hydrogen) atoms. The van der Waals surface area contributed by atoms with Gasteiger partial charge in [-0.2, -0.15) is 0 Å². The van der Waals surface area contributed by atoms with Crippen LogP contribution in [0.1, 0.15) is 47.5 Å². The minimum absolute atomic E-state index is 0.0169. The summed E-state index contributed by atoms with van der Waals surface area (Å²) >= 11 is 0. The highest BCUT2D eigenvalue weighted by Crippen LogP contribution is 2.38. The summed E-state index contributed by atoms with van der Waals surface area (Å²) in [6.07, 6.45) is 1.16. The molecule has 0 spiro atoms. The summed E-state index contributed by atoms with van der Waals surface area (Å²) in [5, 5.41) is 0. The fraction of sp³-hybridized carbons (Fsp3) is 0.533. The third-order valence-electron chi connectivity index (χ3n) is 3.52. The Kier molecular flexibility index (Phi) is 5.02. The summed E-state index contributed by atoms with van der Waals surface area (Å²) in [6.45, 7) is -0.542. The second kappa shape index (κ2) is 6.75. The third kappa shape index (κ3) is 3.83. The van der Waals surface area contributed by atoms with Crippen molar-refractivity contribution in [3.63, 3.8) is 0 Å². The van der Waals surface area contributed by atoms with Crippen molar-refractivity contribution in [2.45, 2.75) is 38.0 Å². The number of benzene rings is 1. The maximum Gasteiger partial charge on any atom is 0.261 e. The average Bonchev–Trinajstić information content (AvgIpc) is 2.33. The van der Waals surface area contributed by atoms with E-state index in [-0.39, 0.29) is 18.8 Å². The number of carbonyl (C=O) groups excluding carboxylic acids is 1. The van der Waals surface area contributed by atoms with E-state index in [0.717, 1.165) is 24.0 Å². The minimum atomic E-state index is -2.47. The summed E-state index contributed by atoms with van der Waals surface area (Å²) < 4.78 is 28.5. The first-order valence-electron chi connectivity index (χ1n) is 6.66. The van der Waals surface area contributed by atoms with E-state index < -0.39 is 13.0 Å². The van der Waals surface area contributed by atoms with Gasteiger partial charge in [0.15, 0.2) is 5.78 Å². The second-order valence-electron chi connectivity index (χ2n) is 4.85. The molecule has 1 aliphatic rings. The molecular formula is C15H18F2O2. The molecule has 0 heterocycles. The number of alkyl halides is 2. The van der Waals surface area contributed by atoms with Gasteiger partial charge in [-0.15, -0.1) is 0 Å². The molecule has 4 heteroatoms. The van der Waals surface area contributed by atoms with Gasteiger partial charge in [0.1, 0.15) is 6.61 Å². The van der Waals surface area contributed by atoms with E-state index in [2.05, 4.69) is 0 Å². The molecular weight excluding hydrogens is 250 g/mol. The van der Waals surface area contributed by atoms with Crippen molar-refractivity contribution in [1.29, 1.82) is 0 Å². The van der Waals surface area contributed by atoms with E-state index >= 15 is 0 Å². The maximum atomic E-state index is 12.1. The SMILES string of the molecule is O=C(CCOCC(F)F)c1ccccc1C1CCC1. The highest BCUT2D eigenvalue weighted by atomic mass is 19.3. The number of ether oxygens (including phenoxy) is 1. The highest BCUT2D eigenvalue weighted by Gasteiger charge is 2.23. The number of ketones is 1. The largest absolute Gasteiger partial charge is 0.375 e. The molecule has 2 rings (SSSR count). The van der Waals surface area contributed by atoms with Crippen molar-refractivity contribution in [1.82, 2.24) is 0 Å². The van der Waals surface area contributed by atoms with Gasteiger partial charge in [0.25, 0.3) is 6.43 Å². The van der Waals surface area contributed by atoms with Gasteiger partial charge >= 0.3 is 0 Å². The first-order chi connectivity index (χ1) is 9.18. The summed E-state index contributed by atoms with van der Waals surface area (Å²) in [7, 11) is 0. The monoisotopic (exact) mass is 268 g/mol. The van der Waals surface area contributed by atoms with E-state index in [9.17, 15) is 13.6 Å². The van der Waals surface area contributed by atoms with Crippen molar-refractivity contribution in [3.8, 4) is 0 Å². The van der Waals surface area contributed by atoms with Crippen molar-refractivity contribution in [2.24, 2.45) is 0 Å². The molecule has 1 saturated carbocycles. The average molecular weight is 268 g/mol. The lowest BCUT2D eigenvalue weighted by atomic mass is 9.77. The molecule has 1 fully saturated rings. The minimum Gasteiger partial charge on any atom is -0.375 e. The Labute approximate surface area is 111 Å². The molecule has 0 aromatic heterocycles. The van der Waals surface area contributed by atoms with Crippen LogP contribution in [0.5, 0.6) is 0 Å². The molecule has 0 radical (unpaired) electrons. The quantitative estimate of drug-likeness (QED) is 0.555. The van der Waals surface area contributed by atoms with Crippen LogP contribution in [0.25, 0.3) is 0 Å². The van der Waals surface area contributed by atoms with Gasteiger partial charge < -0.3 is 4.74 Å². The molecule has 1 aromatic rings. The van der Waals surface area contributed by atoms with E-state index in [4.69, 9.17) is 4.74 Å². The third-order valence-corrected chi connectivity index (χ3v) is 3.52. The molecule has 1 aromatic carbocycles. The topological polar surface area (TPSA) is 26.3 Å². The Morgan fingerprint density at radius 1 is 1.32 bits per heavy atom. The van der Waals surface area contributed by atoms with E-state index in [1.54, 1.807) is 0 Å². The van der Waals surface area contributed by atoms with Gasteiger partial charge in [-0.1, -0.05) is 30.7 Å². The van der Waals surface area contributed by atoms with Crippen LogP contribution in [0.15, 0.2) is 24.3 Å². The number of hydrogen-bond acceptors (Lipinski definition) is 2. The molecule has 0 unspecified atom stereocenters. The van der Waals surface area contributed by atoms with Gasteiger partial charge in [-0.05, 0) is 24.3 Å². The predicted octanol–water partition coefficient (Wildman–Crippen LogP) is 3.81. The number of hydrogen-bond donors (Lipinski definition) is 0. The van der Waals surface area contributed by atoms with Crippen LogP contribution in [-0.2, 0) is 4.74 Å². The lowest BCUT2D eigenvalue weighted by Gasteiger charge is -2.27. The normalized spacial score (nSPS) is 15.5. The smallest absolute Gasteiger partial charge is 0.261 e. The predicted molar refractivity (Wildman–Crippen MR) is 68.8 cm³/mol. The van der Waals surface area contributed by atoms with Gasteiger partial charge in [0, 0.05) is 12.0 Å². The Morgan fingerprint density at radius 2 is 2.05 bits per heavy atom. The maximum absolute atomic E-state index is 12.1. The van der Waals surface area contributed by atoms with Crippen LogP contribution in [-0.4, -0.2) is 25.4 Å². The lowest BCUT2D eigenvalue weighted by molar-refractivity contribution is 0.0169. The van der Waals surface area contributed by atoms with Crippen LogP contribution < -0.4 is 0 Å². The van der Waals surface area contributed by atoms with Crippen LogP contribution in [0.4, 0.5) is 8.78 Å². The van der Waals surface area contributed by atoms with Gasteiger partial charge in [0.05, 0.1) is 6.61 Å². The number of halogens is 2. The Morgan fingerprint density at radius 3 is 2.68 bits per heavy atom. The number of carbonyl (C=O) groups is 1. The molecule has 104 valence electrons. The molecule has 1 aliphatic carbocycles. The Bertz CT molecular complexity index is 428. The van der Waals surface area contributed by atoms with Gasteiger partial charge in [0.2, 0.25) is 0 Å². The summed E-state index contributed by atoms with van der Waals surface area (Å²) in [5.74, 6) is 0.471. The van der Waals surface area contributed by atoms with Crippen molar-refractivity contribution in [2.75, 3.05) is 13.2 Å². The molecule has 0 saturated heterocycles. The van der Waals surface area contributed by atoms with Crippen molar-refractivity contribution >= 4 is 5.78 Å². The molecule has 0 aliphatic heterocycles.